The third-order valence-electron chi connectivity index (χ3n) is 3.93. The van der Waals surface area contributed by atoms with Gasteiger partial charge in [-0.2, -0.15) is 17.6 Å². The molecule has 0 aliphatic carbocycles. The first kappa shape index (κ1) is 26.7. The molecule has 9 nitrogen and oxygen atoms in total. The van der Waals surface area contributed by atoms with E-state index in [0.717, 1.165) is 17.7 Å². The average Bonchev–Trinajstić information content (AvgIpc) is 2.83. The van der Waals surface area contributed by atoms with E-state index in [2.05, 4.69) is 30.3 Å². The molecule has 34 heavy (non-hydrogen) atoms. The molecule has 13 heteroatoms. The first-order valence-corrected chi connectivity index (χ1v) is 10.1. The quantitative estimate of drug-likeness (QED) is 0.275. The lowest BCUT2D eigenvalue weighted by molar-refractivity contribution is -0.253. The van der Waals surface area contributed by atoms with Crippen LogP contribution in [-0.2, 0) is 0 Å². The number of nitrogens with zero attached hydrogens (tertiary/aromatic N) is 3. The minimum atomic E-state index is -4.59. The van der Waals surface area contributed by atoms with E-state index in [1.54, 1.807) is 18.3 Å². The molecule has 3 rings (SSSR count). The predicted octanol–water partition coefficient (Wildman–Crippen LogP) is 2.79. The maximum absolute atomic E-state index is 13.1. The molecule has 0 saturated heterocycles. The fourth-order valence-corrected chi connectivity index (χ4v) is 2.40. The van der Waals surface area contributed by atoms with Crippen LogP contribution in [0.2, 0.25) is 0 Å². The van der Waals surface area contributed by atoms with Gasteiger partial charge in [0.2, 0.25) is 5.95 Å². The van der Waals surface area contributed by atoms with E-state index in [9.17, 15) is 17.6 Å². The van der Waals surface area contributed by atoms with Gasteiger partial charge in [-0.25, -0.2) is 15.0 Å². The van der Waals surface area contributed by atoms with Crippen LogP contribution in [0.1, 0.15) is 0 Å². The van der Waals surface area contributed by atoms with Crippen LogP contribution in [0.3, 0.4) is 0 Å². The van der Waals surface area contributed by atoms with Crippen molar-refractivity contribution in [1.29, 1.82) is 0 Å². The van der Waals surface area contributed by atoms with Gasteiger partial charge < -0.3 is 32.6 Å². The van der Waals surface area contributed by atoms with Crippen LogP contribution in [0.5, 0.6) is 5.75 Å². The average molecular weight is 482 g/mol. The topological polar surface area (TPSA) is 150 Å². The molecule has 0 unspecified atom stereocenters. The molecular formula is C21H26F4N8O. The number of rotatable bonds is 10. The Hall–Kier alpha value is -3.55. The lowest BCUT2D eigenvalue weighted by atomic mass is 10.2. The van der Waals surface area contributed by atoms with Gasteiger partial charge in [0, 0.05) is 55.9 Å². The second-order valence-electron chi connectivity index (χ2n) is 6.61. The summed E-state index contributed by atoms with van der Waals surface area (Å²) in [6.45, 7) is 2.27. The number of nitrogens with two attached hydrogens (primary N) is 3. The summed E-state index contributed by atoms with van der Waals surface area (Å²) < 4.78 is 54.9. The van der Waals surface area contributed by atoms with Crippen LogP contribution in [0.25, 0.3) is 11.3 Å². The van der Waals surface area contributed by atoms with Crippen LogP contribution < -0.4 is 32.6 Å². The largest absolute Gasteiger partial charge is 0.461 e. The third-order valence-corrected chi connectivity index (χ3v) is 3.93. The van der Waals surface area contributed by atoms with Crippen molar-refractivity contribution in [3.63, 3.8) is 0 Å². The van der Waals surface area contributed by atoms with Gasteiger partial charge in [0.1, 0.15) is 11.6 Å². The number of pyridine rings is 1. The summed E-state index contributed by atoms with van der Waals surface area (Å²) in [6.07, 6.45) is -5.39. The van der Waals surface area contributed by atoms with Gasteiger partial charge in [-0.3, -0.25) is 0 Å². The van der Waals surface area contributed by atoms with Gasteiger partial charge in [0.15, 0.2) is 0 Å². The van der Waals surface area contributed by atoms with Crippen LogP contribution in [0, 0.1) is 0 Å². The molecule has 0 bridgehead atoms. The Morgan fingerprint density at radius 2 is 1.74 bits per heavy atom. The second-order valence-corrected chi connectivity index (χ2v) is 6.61. The standard InChI is InChI=1S/C19H18F4N6O.C2H8N2/c20-17(21)19(22,23)30-14-3-1-2-13(10-14)28-18-26-8-6-15(29-18)12-4-5-16(27-11-12)25-9-7-24;3-1-2-4/h1-6,8,10-11,17H,7,9,24H2,(H,25,27)(H,26,28,29);1-4H2. The minimum absolute atomic E-state index is 0.176. The first-order chi connectivity index (χ1) is 16.3. The highest BCUT2D eigenvalue weighted by Crippen LogP contribution is 2.29. The first-order valence-electron chi connectivity index (χ1n) is 10.1. The van der Waals surface area contributed by atoms with E-state index in [1.165, 1.54) is 18.3 Å². The SMILES string of the molecule is NCCN.NCCNc1ccc(-c2ccnc(Nc3cccc(OC(F)(F)C(F)F)c3)n2)cn1. The molecule has 0 atom stereocenters. The van der Waals surface area contributed by atoms with Crippen LogP contribution in [0.4, 0.5) is 35.0 Å². The number of alkyl halides is 4. The Morgan fingerprint density at radius 1 is 0.971 bits per heavy atom. The van der Waals surface area contributed by atoms with Gasteiger partial charge in [-0.05, 0) is 30.3 Å². The van der Waals surface area contributed by atoms with Crippen molar-refractivity contribution in [2.24, 2.45) is 17.2 Å². The number of halogens is 4. The van der Waals surface area contributed by atoms with Crippen LogP contribution in [0.15, 0.2) is 54.9 Å². The number of anilines is 3. The van der Waals surface area contributed by atoms with Crippen molar-refractivity contribution < 1.29 is 22.3 Å². The molecule has 0 amide bonds. The molecule has 184 valence electrons. The number of aromatic nitrogens is 3. The van der Waals surface area contributed by atoms with E-state index in [4.69, 9.17) is 17.2 Å². The van der Waals surface area contributed by atoms with E-state index in [0.29, 0.717) is 37.7 Å². The number of nitrogens with one attached hydrogen (secondary N) is 2. The molecule has 0 saturated carbocycles. The van der Waals surface area contributed by atoms with Crippen molar-refractivity contribution >= 4 is 17.5 Å². The summed E-state index contributed by atoms with van der Waals surface area (Å²) in [5, 5.41) is 5.88. The van der Waals surface area contributed by atoms with E-state index >= 15 is 0 Å². The van der Waals surface area contributed by atoms with Gasteiger partial charge in [-0.1, -0.05) is 6.07 Å². The molecule has 3 aromatic rings. The van der Waals surface area contributed by atoms with Crippen molar-refractivity contribution in [2.75, 3.05) is 36.8 Å². The fourth-order valence-electron chi connectivity index (χ4n) is 2.40. The lowest BCUT2D eigenvalue weighted by Crippen LogP contribution is -2.33. The summed E-state index contributed by atoms with van der Waals surface area (Å²) in [6, 6.07) is 10.5. The van der Waals surface area contributed by atoms with Crippen molar-refractivity contribution in [1.82, 2.24) is 15.0 Å². The van der Waals surface area contributed by atoms with Gasteiger partial charge in [0.05, 0.1) is 5.69 Å². The normalized spacial score (nSPS) is 10.9. The van der Waals surface area contributed by atoms with Gasteiger partial charge >= 0.3 is 12.5 Å². The van der Waals surface area contributed by atoms with Crippen molar-refractivity contribution in [3.8, 4) is 17.0 Å². The van der Waals surface area contributed by atoms with E-state index in [-0.39, 0.29) is 11.6 Å². The Morgan fingerprint density at radius 3 is 2.35 bits per heavy atom. The zero-order chi connectivity index (χ0) is 25.0. The Labute approximate surface area is 193 Å². The maximum atomic E-state index is 13.1. The molecule has 0 radical (unpaired) electrons. The van der Waals surface area contributed by atoms with Gasteiger partial charge in [-0.15, -0.1) is 0 Å². The van der Waals surface area contributed by atoms with Crippen molar-refractivity contribution in [3.05, 3.63) is 54.9 Å². The third kappa shape index (κ3) is 8.42. The zero-order valence-electron chi connectivity index (χ0n) is 18.1. The highest BCUT2D eigenvalue weighted by molar-refractivity contribution is 5.63. The highest BCUT2D eigenvalue weighted by atomic mass is 19.3. The lowest BCUT2D eigenvalue weighted by Gasteiger charge is -2.17. The summed E-state index contributed by atoms with van der Waals surface area (Å²) in [5.74, 6) is 0.427. The molecule has 0 aliphatic rings. The summed E-state index contributed by atoms with van der Waals surface area (Å²) in [4.78, 5) is 12.7. The Kier molecular flexibility index (Phi) is 10.4. The van der Waals surface area contributed by atoms with Crippen molar-refractivity contribution in [2.45, 2.75) is 12.5 Å². The minimum Gasteiger partial charge on any atom is -0.428 e. The molecule has 1 aromatic carbocycles. The predicted molar refractivity (Wildman–Crippen MR) is 122 cm³/mol. The van der Waals surface area contributed by atoms with Crippen LogP contribution >= 0.6 is 0 Å². The molecule has 0 aliphatic heterocycles. The maximum Gasteiger partial charge on any atom is 0.461 e. The molecule has 0 fully saturated rings. The van der Waals surface area contributed by atoms with Gasteiger partial charge in [0.25, 0.3) is 0 Å². The summed E-state index contributed by atoms with van der Waals surface area (Å²) in [5.41, 5.74) is 16.8. The monoisotopic (exact) mass is 482 g/mol. The Balaban J connectivity index is 0.000000945. The van der Waals surface area contributed by atoms with E-state index in [1.807, 2.05) is 6.07 Å². The molecule has 0 spiro atoms. The fraction of sp³-hybridized carbons (Fsp3) is 0.286. The second kappa shape index (κ2) is 13.2. The smallest absolute Gasteiger partial charge is 0.428 e. The highest BCUT2D eigenvalue weighted by Gasteiger charge is 2.43. The number of ether oxygens (including phenoxy) is 1. The molecular weight excluding hydrogens is 456 g/mol. The number of benzene rings is 1. The number of hydrogen-bond acceptors (Lipinski definition) is 9. The molecule has 8 N–H and O–H groups in total. The zero-order valence-corrected chi connectivity index (χ0v) is 18.1. The van der Waals surface area contributed by atoms with Crippen LogP contribution in [-0.4, -0.2) is 53.7 Å². The summed E-state index contributed by atoms with van der Waals surface area (Å²) >= 11 is 0. The van der Waals surface area contributed by atoms with E-state index < -0.39 is 18.3 Å². The Bertz CT molecular complexity index is 1010. The molecule has 2 aromatic heterocycles. The molecule has 2 heterocycles. The number of hydrogen-bond donors (Lipinski definition) is 5. The summed E-state index contributed by atoms with van der Waals surface area (Å²) in [7, 11) is 0.